The predicted molar refractivity (Wildman–Crippen MR) is 116 cm³/mol. The van der Waals surface area contributed by atoms with E-state index in [1.165, 1.54) is 5.56 Å². The Morgan fingerprint density at radius 3 is 2.97 bits per heavy atom. The second-order valence-electron chi connectivity index (χ2n) is 7.96. The lowest BCUT2D eigenvalue weighted by atomic mass is 9.98. The zero-order valence-corrected chi connectivity index (χ0v) is 17.6. The largest absolute Gasteiger partial charge is 0.315 e. The predicted octanol–water partition coefficient (Wildman–Crippen LogP) is 2.33. The van der Waals surface area contributed by atoms with Gasteiger partial charge in [0.1, 0.15) is 0 Å². The van der Waals surface area contributed by atoms with Crippen molar-refractivity contribution in [1.29, 1.82) is 0 Å². The second kappa shape index (κ2) is 8.83. The van der Waals surface area contributed by atoms with Gasteiger partial charge in [-0.05, 0) is 54.8 Å². The van der Waals surface area contributed by atoms with Crippen molar-refractivity contribution in [2.24, 2.45) is 4.99 Å². The lowest BCUT2D eigenvalue weighted by Gasteiger charge is -2.21. The summed E-state index contributed by atoms with van der Waals surface area (Å²) in [4.78, 5) is 19.8. The van der Waals surface area contributed by atoms with Gasteiger partial charge in [-0.1, -0.05) is 18.2 Å². The Morgan fingerprint density at radius 1 is 1.28 bits per heavy atom. The van der Waals surface area contributed by atoms with E-state index < -0.39 is 11.1 Å². The average molecular weight is 414 g/mol. The van der Waals surface area contributed by atoms with Crippen LogP contribution in [0.5, 0.6) is 0 Å². The minimum absolute atomic E-state index is 0.0390. The molecule has 3 aliphatic rings. The van der Waals surface area contributed by atoms with E-state index in [9.17, 15) is 13.6 Å². The number of aliphatic imine (C=N–C) groups is 1. The Labute approximate surface area is 174 Å². The minimum Gasteiger partial charge on any atom is -0.315 e. The van der Waals surface area contributed by atoms with Gasteiger partial charge in [0.15, 0.2) is 16.9 Å². The molecule has 1 fully saturated rings. The van der Waals surface area contributed by atoms with Gasteiger partial charge in [-0.3, -0.25) is 14.7 Å². The fourth-order valence-electron chi connectivity index (χ4n) is 4.34. The summed E-state index contributed by atoms with van der Waals surface area (Å²) in [5.41, 5.74) is 6.54. The molecule has 0 radical (unpaired) electrons. The number of rotatable bonds is 5. The van der Waals surface area contributed by atoms with E-state index in [1.54, 1.807) is 0 Å². The van der Waals surface area contributed by atoms with Crippen molar-refractivity contribution in [3.63, 3.8) is 0 Å². The zero-order valence-electron chi connectivity index (χ0n) is 16.7. The molecule has 1 atom stereocenters. The van der Waals surface area contributed by atoms with Crippen LogP contribution in [0.4, 0.5) is 0 Å². The van der Waals surface area contributed by atoms with E-state index in [4.69, 9.17) is 0 Å². The van der Waals surface area contributed by atoms with Crippen LogP contribution in [-0.2, 0) is 28.8 Å². The Bertz CT molecular complexity index is 941. The number of Topliss-reactive ketones (excluding diaryl/α,β-unsaturated/α-hetero) is 1. The van der Waals surface area contributed by atoms with Gasteiger partial charge in [0.25, 0.3) is 0 Å². The number of carbonyl (C=O) groups excluding carboxylic acids is 1. The molecule has 154 valence electrons. The molecule has 2 aliphatic heterocycles. The summed E-state index contributed by atoms with van der Waals surface area (Å²) in [5.74, 6) is 0.168. The third kappa shape index (κ3) is 4.64. The van der Waals surface area contributed by atoms with Crippen molar-refractivity contribution in [3.8, 4) is 0 Å². The number of benzene rings is 1. The van der Waals surface area contributed by atoms with Crippen LogP contribution in [0.2, 0.25) is 0 Å². The maximum atomic E-state index is 12.8. The van der Waals surface area contributed by atoms with Crippen LogP contribution in [0.15, 0.2) is 40.5 Å². The summed E-state index contributed by atoms with van der Waals surface area (Å²) < 4.78 is 20.3. The van der Waals surface area contributed by atoms with Gasteiger partial charge >= 0.3 is 0 Å². The molecule has 0 spiro atoms. The second-order valence-corrected chi connectivity index (χ2v) is 8.89. The van der Waals surface area contributed by atoms with Gasteiger partial charge in [0.05, 0.1) is 11.4 Å². The number of hydrogen-bond acceptors (Lipinski definition) is 5. The summed E-state index contributed by atoms with van der Waals surface area (Å²) >= 11 is -1.91. The van der Waals surface area contributed by atoms with Crippen molar-refractivity contribution in [2.75, 3.05) is 31.9 Å². The van der Waals surface area contributed by atoms with Crippen LogP contribution < -0.4 is 5.32 Å². The Kier molecular flexibility index (Phi) is 6.20. The van der Waals surface area contributed by atoms with Crippen LogP contribution in [-0.4, -0.2) is 57.1 Å². The molecule has 0 amide bonds. The summed E-state index contributed by atoms with van der Waals surface area (Å²) in [6, 6.07) is 6.22. The number of carbonyl (C=O) groups is 1. The fourth-order valence-corrected chi connectivity index (χ4v) is 4.89. The van der Waals surface area contributed by atoms with E-state index in [0.717, 1.165) is 67.1 Å². The molecule has 1 aromatic rings. The van der Waals surface area contributed by atoms with E-state index in [0.29, 0.717) is 18.5 Å². The molecule has 0 aromatic heterocycles. The third-order valence-electron chi connectivity index (χ3n) is 5.77. The van der Waals surface area contributed by atoms with E-state index >= 15 is 0 Å². The van der Waals surface area contributed by atoms with Crippen molar-refractivity contribution in [3.05, 3.63) is 52.2 Å². The van der Waals surface area contributed by atoms with E-state index in [-0.39, 0.29) is 11.5 Å². The zero-order chi connectivity index (χ0) is 20.4. The molecule has 0 saturated carbocycles. The summed E-state index contributed by atoms with van der Waals surface area (Å²) in [6.07, 6.45) is 4.09. The van der Waals surface area contributed by atoms with Gasteiger partial charge in [-0.25, -0.2) is 4.21 Å². The molecule has 1 saturated heterocycles. The highest BCUT2D eigenvalue weighted by molar-refractivity contribution is 7.79. The summed E-state index contributed by atoms with van der Waals surface area (Å²) in [7, 11) is 0. The number of allylic oxidation sites excluding steroid dienone is 3. The quantitative estimate of drug-likeness (QED) is 0.572. The first-order valence-corrected chi connectivity index (χ1v) is 11.4. The molecular weight excluding hydrogens is 386 g/mol. The van der Waals surface area contributed by atoms with Crippen molar-refractivity contribution < 1.29 is 13.6 Å². The SMILES string of the molecule is CC1=C(CS(=O)O)N=C(/C=C2\C(=O)Cc3cccc(CN4CCCNCC4)c32)C1. The monoisotopic (exact) mass is 413 g/mol. The van der Waals surface area contributed by atoms with Crippen LogP contribution in [0, 0.1) is 0 Å². The van der Waals surface area contributed by atoms with Crippen LogP contribution in [0.1, 0.15) is 36.5 Å². The topological polar surface area (TPSA) is 82.0 Å². The van der Waals surface area contributed by atoms with Crippen molar-refractivity contribution in [1.82, 2.24) is 10.2 Å². The molecule has 1 aromatic carbocycles. The third-order valence-corrected chi connectivity index (χ3v) is 6.29. The Morgan fingerprint density at radius 2 is 2.14 bits per heavy atom. The normalized spacial score (nSPS) is 22.8. The minimum atomic E-state index is -1.91. The molecule has 6 nitrogen and oxygen atoms in total. The highest BCUT2D eigenvalue weighted by atomic mass is 32.2. The molecule has 7 heteroatoms. The van der Waals surface area contributed by atoms with Gasteiger partial charge in [-0.15, -0.1) is 0 Å². The molecule has 2 N–H and O–H groups in total. The summed E-state index contributed by atoms with van der Waals surface area (Å²) in [5, 5.41) is 3.43. The van der Waals surface area contributed by atoms with Gasteiger partial charge < -0.3 is 9.87 Å². The van der Waals surface area contributed by atoms with Crippen LogP contribution in [0.25, 0.3) is 5.57 Å². The number of nitrogens with one attached hydrogen (secondary N) is 1. The molecule has 1 unspecified atom stereocenters. The maximum Gasteiger partial charge on any atom is 0.167 e. The Balaban J connectivity index is 1.62. The smallest absolute Gasteiger partial charge is 0.167 e. The van der Waals surface area contributed by atoms with Crippen molar-refractivity contribution >= 4 is 28.1 Å². The standard InChI is InChI=1S/C22H27N3O3S/c1-15-10-18(24-20(15)14-29(27)28)12-19-21(26)11-16-4-2-5-17(22(16)19)13-25-8-3-6-23-7-9-25/h2,4-5,12,23H,3,6-11,13-14H2,1H3,(H,27,28)/b19-12+. The highest BCUT2D eigenvalue weighted by Crippen LogP contribution is 2.34. The molecule has 29 heavy (non-hydrogen) atoms. The van der Waals surface area contributed by atoms with Gasteiger partial charge in [-0.2, -0.15) is 0 Å². The first-order valence-electron chi connectivity index (χ1n) is 10.1. The molecule has 0 bridgehead atoms. The average Bonchev–Trinajstić information content (AvgIpc) is 3.04. The number of hydrogen-bond donors (Lipinski definition) is 2. The van der Waals surface area contributed by atoms with Crippen LogP contribution >= 0.6 is 0 Å². The number of ketones is 1. The molecule has 1 aliphatic carbocycles. The number of nitrogens with zero attached hydrogens (tertiary/aromatic N) is 2. The van der Waals surface area contributed by atoms with Gasteiger partial charge in [0, 0.05) is 43.8 Å². The first-order chi connectivity index (χ1) is 14.0. The van der Waals surface area contributed by atoms with Crippen LogP contribution in [0.3, 0.4) is 0 Å². The highest BCUT2D eigenvalue weighted by Gasteiger charge is 2.28. The maximum absolute atomic E-state index is 12.8. The lowest BCUT2D eigenvalue weighted by molar-refractivity contribution is -0.112. The molecular formula is C22H27N3O3S. The molecule has 2 heterocycles. The van der Waals surface area contributed by atoms with Crippen molar-refractivity contribution in [2.45, 2.75) is 32.7 Å². The lowest BCUT2D eigenvalue weighted by Crippen LogP contribution is -2.28. The van der Waals surface area contributed by atoms with E-state index in [2.05, 4.69) is 21.3 Å². The van der Waals surface area contributed by atoms with Gasteiger partial charge in [0.2, 0.25) is 0 Å². The van der Waals surface area contributed by atoms with E-state index in [1.807, 2.05) is 25.1 Å². The molecule has 4 rings (SSSR count). The summed E-state index contributed by atoms with van der Waals surface area (Å²) in [6.45, 7) is 6.89. The first kappa shape index (κ1) is 20.3. The Hall–Kier alpha value is -1.93. The fraction of sp³-hybridized carbons (Fsp3) is 0.455. The number of fused-ring (bicyclic) bond motifs is 1.